The summed E-state index contributed by atoms with van der Waals surface area (Å²) >= 11 is 5.80. The van der Waals surface area contributed by atoms with Crippen molar-refractivity contribution in [1.29, 1.82) is 0 Å². The molecule has 20 heavy (non-hydrogen) atoms. The lowest BCUT2D eigenvalue weighted by Gasteiger charge is -2.06. The zero-order chi connectivity index (χ0) is 14.3. The first kappa shape index (κ1) is 13.2. The summed E-state index contributed by atoms with van der Waals surface area (Å²) in [5, 5.41) is 1.70. The molecule has 0 unspecified atom stereocenters. The molecular weight excluding hydrogens is 294 g/mol. The van der Waals surface area contributed by atoms with Gasteiger partial charge in [-0.25, -0.2) is 8.42 Å². The Morgan fingerprint density at radius 2 is 1.65 bits per heavy atom. The van der Waals surface area contributed by atoms with Gasteiger partial charge in [0.1, 0.15) is 5.03 Å². The van der Waals surface area contributed by atoms with Crippen LogP contribution < -0.4 is 0 Å². The number of benzene rings is 2. The minimum absolute atomic E-state index is 0.243. The molecule has 0 bridgehead atoms. The molecule has 1 heterocycles. The first-order valence-electron chi connectivity index (χ1n) is 6.05. The predicted molar refractivity (Wildman–Crippen MR) is 79.8 cm³/mol. The zero-order valence-corrected chi connectivity index (χ0v) is 12.3. The van der Waals surface area contributed by atoms with E-state index in [4.69, 9.17) is 11.6 Å². The van der Waals surface area contributed by atoms with Crippen molar-refractivity contribution in [2.24, 2.45) is 7.05 Å². The highest BCUT2D eigenvalue weighted by Gasteiger charge is 2.22. The van der Waals surface area contributed by atoms with E-state index in [1.54, 1.807) is 29.8 Å². The van der Waals surface area contributed by atoms with E-state index in [0.29, 0.717) is 5.02 Å². The largest absolute Gasteiger partial charge is 0.334 e. The number of rotatable bonds is 2. The van der Waals surface area contributed by atoms with Crippen LogP contribution in [0.4, 0.5) is 0 Å². The molecule has 0 amide bonds. The third-order valence-corrected chi connectivity index (χ3v) is 5.39. The molecule has 3 nitrogen and oxygen atoms in total. The molecule has 1 aromatic heterocycles. The summed E-state index contributed by atoms with van der Waals surface area (Å²) in [5.41, 5.74) is 0.889. The van der Waals surface area contributed by atoms with Gasteiger partial charge in [-0.2, -0.15) is 0 Å². The molecule has 3 aromatic rings. The SMILES string of the molecule is Cn1c(S(=O)(=O)c2ccc(Cl)cc2)cc2ccccc21. The molecule has 0 aliphatic heterocycles. The van der Waals surface area contributed by atoms with E-state index in [1.807, 2.05) is 24.3 Å². The topological polar surface area (TPSA) is 39.1 Å². The fourth-order valence-corrected chi connectivity index (χ4v) is 3.86. The van der Waals surface area contributed by atoms with E-state index in [9.17, 15) is 8.42 Å². The summed E-state index contributed by atoms with van der Waals surface area (Å²) in [5.74, 6) is 0. The molecule has 0 aliphatic carbocycles. The number of aryl methyl sites for hydroxylation is 1. The third-order valence-electron chi connectivity index (χ3n) is 3.31. The molecule has 0 saturated heterocycles. The van der Waals surface area contributed by atoms with Crippen LogP contribution in [0.15, 0.2) is 64.5 Å². The van der Waals surface area contributed by atoms with Crippen LogP contribution in [0.5, 0.6) is 0 Å². The van der Waals surface area contributed by atoms with Gasteiger partial charge >= 0.3 is 0 Å². The Kier molecular flexibility index (Phi) is 3.07. The minimum atomic E-state index is -3.54. The van der Waals surface area contributed by atoms with Crippen molar-refractivity contribution in [3.8, 4) is 0 Å². The molecule has 0 radical (unpaired) electrons. The zero-order valence-electron chi connectivity index (χ0n) is 10.7. The summed E-state index contributed by atoms with van der Waals surface area (Å²) in [4.78, 5) is 0.243. The van der Waals surface area contributed by atoms with Gasteiger partial charge in [-0.1, -0.05) is 29.8 Å². The molecule has 0 spiro atoms. The number of fused-ring (bicyclic) bond motifs is 1. The molecule has 3 rings (SSSR count). The molecule has 5 heteroatoms. The van der Waals surface area contributed by atoms with Crippen LogP contribution in [-0.2, 0) is 16.9 Å². The van der Waals surface area contributed by atoms with E-state index in [2.05, 4.69) is 0 Å². The van der Waals surface area contributed by atoms with Crippen molar-refractivity contribution in [1.82, 2.24) is 4.57 Å². The number of halogens is 1. The number of aromatic nitrogens is 1. The highest BCUT2D eigenvalue weighted by molar-refractivity contribution is 7.91. The lowest BCUT2D eigenvalue weighted by Crippen LogP contribution is -2.07. The molecule has 0 N–H and O–H groups in total. The van der Waals surface area contributed by atoms with Gasteiger partial charge in [-0.15, -0.1) is 0 Å². The lowest BCUT2D eigenvalue weighted by molar-refractivity contribution is 0.587. The quantitative estimate of drug-likeness (QED) is 0.724. The van der Waals surface area contributed by atoms with Gasteiger partial charge in [0.2, 0.25) is 9.84 Å². The standard InChI is InChI=1S/C15H12ClNO2S/c1-17-14-5-3-2-4-11(14)10-15(17)20(18,19)13-8-6-12(16)7-9-13/h2-10H,1H3. The van der Waals surface area contributed by atoms with E-state index in [-0.39, 0.29) is 9.92 Å². The molecular formula is C15H12ClNO2S. The van der Waals surface area contributed by atoms with Gasteiger partial charge in [0.15, 0.2) is 0 Å². The Balaban J connectivity index is 2.24. The van der Waals surface area contributed by atoms with Gasteiger partial charge in [0.05, 0.1) is 4.90 Å². The molecule has 0 fully saturated rings. The highest BCUT2D eigenvalue weighted by atomic mass is 35.5. The Hall–Kier alpha value is -1.78. The summed E-state index contributed by atoms with van der Waals surface area (Å²) in [7, 11) is -1.79. The Morgan fingerprint density at radius 1 is 1.00 bits per heavy atom. The van der Waals surface area contributed by atoms with Crippen molar-refractivity contribution in [2.75, 3.05) is 0 Å². The molecule has 2 aromatic carbocycles. The van der Waals surface area contributed by atoms with E-state index < -0.39 is 9.84 Å². The maximum absolute atomic E-state index is 12.7. The average Bonchev–Trinajstić information content (AvgIpc) is 2.78. The Labute approximate surface area is 122 Å². The summed E-state index contributed by atoms with van der Waals surface area (Å²) in [6, 6.07) is 15.5. The van der Waals surface area contributed by atoms with Crippen LogP contribution in [0.25, 0.3) is 10.9 Å². The molecule has 0 atom stereocenters. The fraction of sp³-hybridized carbons (Fsp3) is 0.0667. The smallest absolute Gasteiger partial charge is 0.222 e. The monoisotopic (exact) mass is 305 g/mol. The molecule has 0 aliphatic rings. The number of hydrogen-bond donors (Lipinski definition) is 0. The second-order valence-corrected chi connectivity index (χ2v) is 6.89. The molecule has 0 saturated carbocycles. The highest BCUT2D eigenvalue weighted by Crippen LogP contribution is 2.27. The fourth-order valence-electron chi connectivity index (χ4n) is 2.26. The lowest BCUT2D eigenvalue weighted by atomic mass is 10.2. The van der Waals surface area contributed by atoms with Crippen LogP contribution in [0, 0.1) is 0 Å². The minimum Gasteiger partial charge on any atom is -0.334 e. The van der Waals surface area contributed by atoms with Crippen molar-refractivity contribution in [3.05, 3.63) is 59.6 Å². The maximum atomic E-state index is 12.7. The summed E-state index contributed by atoms with van der Waals surface area (Å²) < 4.78 is 27.0. The van der Waals surface area contributed by atoms with Gasteiger partial charge in [0, 0.05) is 23.0 Å². The number of nitrogens with zero attached hydrogens (tertiary/aromatic N) is 1. The number of para-hydroxylation sites is 1. The van der Waals surface area contributed by atoms with Gasteiger partial charge in [0.25, 0.3) is 0 Å². The first-order chi connectivity index (χ1) is 9.50. The van der Waals surface area contributed by atoms with Crippen LogP contribution >= 0.6 is 11.6 Å². The van der Waals surface area contributed by atoms with Crippen molar-refractivity contribution in [2.45, 2.75) is 9.92 Å². The average molecular weight is 306 g/mol. The Bertz CT molecular complexity index is 880. The van der Waals surface area contributed by atoms with Gasteiger partial charge in [-0.3, -0.25) is 0 Å². The number of sulfone groups is 1. The van der Waals surface area contributed by atoms with Crippen LogP contribution in [0.1, 0.15) is 0 Å². The van der Waals surface area contributed by atoms with Crippen LogP contribution in [-0.4, -0.2) is 13.0 Å². The Morgan fingerprint density at radius 3 is 2.30 bits per heavy atom. The van der Waals surface area contributed by atoms with Crippen molar-refractivity contribution < 1.29 is 8.42 Å². The van der Waals surface area contributed by atoms with Gasteiger partial charge < -0.3 is 4.57 Å². The maximum Gasteiger partial charge on any atom is 0.222 e. The summed E-state index contributed by atoms with van der Waals surface area (Å²) in [6.45, 7) is 0. The first-order valence-corrected chi connectivity index (χ1v) is 7.91. The van der Waals surface area contributed by atoms with E-state index in [0.717, 1.165) is 10.9 Å². The normalized spacial score (nSPS) is 11.9. The van der Waals surface area contributed by atoms with Gasteiger partial charge in [-0.05, 0) is 36.4 Å². The predicted octanol–water partition coefficient (Wildman–Crippen LogP) is 3.66. The summed E-state index contributed by atoms with van der Waals surface area (Å²) in [6.07, 6.45) is 0. The van der Waals surface area contributed by atoms with Crippen LogP contribution in [0.3, 0.4) is 0 Å². The molecule has 102 valence electrons. The van der Waals surface area contributed by atoms with E-state index in [1.165, 1.54) is 12.1 Å². The van der Waals surface area contributed by atoms with Crippen molar-refractivity contribution in [3.63, 3.8) is 0 Å². The van der Waals surface area contributed by atoms with Crippen LogP contribution in [0.2, 0.25) is 5.02 Å². The third kappa shape index (κ3) is 2.01. The van der Waals surface area contributed by atoms with E-state index >= 15 is 0 Å². The second kappa shape index (κ2) is 4.65. The van der Waals surface area contributed by atoms with Crippen molar-refractivity contribution >= 4 is 32.3 Å². The second-order valence-electron chi connectivity index (χ2n) is 4.56. The number of hydrogen-bond acceptors (Lipinski definition) is 2.